The van der Waals surface area contributed by atoms with Crippen molar-refractivity contribution in [1.82, 2.24) is 0 Å². The molecule has 0 spiro atoms. The quantitative estimate of drug-likeness (QED) is 0.169. The standard InChI is InChI=1S/C16H17O2.3C6H5.Sn/c1-18-15(17)16(10-12-5-3-2-4-6-12)11-13-7-8-14(16)9-13;3*1-2-4-6-5-3-1;/h2-8,11,13-14H,9-10H2,1H3;3*1-5H;/t13-,14+,16+;;;;/m0..../s1. The third-order valence-electron chi connectivity index (χ3n) is 8.82. The zero-order chi connectivity index (χ0) is 25.3. The molecule has 3 heteroatoms. The van der Waals surface area contributed by atoms with Crippen LogP contribution in [0.15, 0.2) is 133 Å². The SMILES string of the molecule is COC(=O)[C@@]1(Cc2ccccc2)[C@@H]2C=C[C@@H](C2)[C@H]1[Sn]([c]1ccccc1)([c]1ccccc1)[c]1ccccc1. The van der Waals surface area contributed by atoms with Crippen LogP contribution in [0.5, 0.6) is 0 Å². The van der Waals surface area contributed by atoms with Crippen LogP contribution in [0.25, 0.3) is 0 Å². The second-order valence-corrected chi connectivity index (χ2v) is 21.8. The zero-order valence-electron chi connectivity index (χ0n) is 21.2. The minimum absolute atomic E-state index is 0.0536. The summed E-state index contributed by atoms with van der Waals surface area (Å²) in [5.74, 6) is 0.452. The number of allylic oxidation sites excluding steroid dienone is 2. The van der Waals surface area contributed by atoms with Gasteiger partial charge in [0.1, 0.15) is 0 Å². The number of esters is 1. The van der Waals surface area contributed by atoms with Gasteiger partial charge in [0.25, 0.3) is 0 Å². The van der Waals surface area contributed by atoms with Crippen LogP contribution in [0.1, 0.15) is 12.0 Å². The summed E-state index contributed by atoms with van der Waals surface area (Å²) in [5, 5.41) is 0. The van der Waals surface area contributed by atoms with Crippen molar-refractivity contribution in [2.45, 2.75) is 16.8 Å². The maximum absolute atomic E-state index is 14.3. The first kappa shape index (κ1) is 24.2. The first-order valence-electron chi connectivity index (χ1n) is 13.2. The molecule has 184 valence electrons. The minimum atomic E-state index is -3.90. The number of ether oxygens (including phenoxy) is 1. The molecule has 0 saturated heterocycles. The van der Waals surface area contributed by atoms with E-state index < -0.39 is 23.8 Å². The molecule has 0 aromatic heterocycles. The van der Waals surface area contributed by atoms with Gasteiger partial charge in [-0.25, -0.2) is 0 Å². The van der Waals surface area contributed by atoms with Gasteiger partial charge in [0.2, 0.25) is 0 Å². The zero-order valence-corrected chi connectivity index (χ0v) is 24.0. The van der Waals surface area contributed by atoms with Gasteiger partial charge in [0.05, 0.1) is 0 Å². The Labute approximate surface area is 223 Å². The summed E-state index contributed by atoms with van der Waals surface area (Å²) in [6.45, 7) is 0. The Morgan fingerprint density at radius 2 is 1.19 bits per heavy atom. The number of hydrogen-bond donors (Lipinski definition) is 0. The molecule has 0 N–H and O–H groups in total. The number of benzene rings is 4. The molecule has 2 aliphatic carbocycles. The molecule has 4 aromatic carbocycles. The molecular formula is C34H32O2Sn. The Balaban J connectivity index is 1.71. The monoisotopic (exact) mass is 592 g/mol. The van der Waals surface area contributed by atoms with Gasteiger partial charge in [0, 0.05) is 0 Å². The molecule has 37 heavy (non-hydrogen) atoms. The average Bonchev–Trinajstić information content (AvgIpc) is 3.57. The Hall–Kier alpha value is -3.11. The summed E-state index contributed by atoms with van der Waals surface area (Å²) in [6, 6.07) is 43.9. The Morgan fingerprint density at radius 3 is 1.65 bits per heavy atom. The molecule has 4 atom stereocenters. The van der Waals surface area contributed by atoms with Crippen molar-refractivity contribution < 1.29 is 9.53 Å². The molecule has 0 unspecified atom stereocenters. The summed E-state index contributed by atoms with van der Waals surface area (Å²) in [7, 11) is 1.58. The molecule has 4 aromatic rings. The third kappa shape index (κ3) is 3.80. The van der Waals surface area contributed by atoms with Crippen molar-refractivity contribution in [2.75, 3.05) is 7.11 Å². The van der Waals surface area contributed by atoms with Crippen LogP contribution in [0.2, 0.25) is 3.93 Å². The Bertz CT molecular complexity index is 1290. The molecule has 0 radical (unpaired) electrons. The summed E-state index contributed by atoms with van der Waals surface area (Å²) >= 11 is -3.90. The summed E-state index contributed by atoms with van der Waals surface area (Å²) in [6.07, 6.45) is 6.44. The second kappa shape index (κ2) is 9.98. The molecule has 0 aliphatic heterocycles. The number of fused-ring (bicyclic) bond motifs is 2. The number of hydrogen-bond acceptors (Lipinski definition) is 2. The second-order valence-electron chi connectivity index (χ2n) is 10.5. The fourth-order valence-electron chi connectivity index (χ4n) is 7.53. The van der Waals surface area contributed by atoms with Crippen LogP contribution in [0.4, 0.5) is 0 Å². The van der Waals surface area contributed by atoms with Crippen molar-refractivity contribution in [2.24, 2.45) is 17.3 Å². The van der Waals surface area contributed by atoms with Crippen molar-refractivity contribution in [3.63, 3.8) is 0 Å². The Morgan fingerprint density at radius 1 is 0.730 bits per heavy atom. The van der Waals surface area contributed by atoms with E-state index in [2.05, 4.69) is 127 Å². The molecule has 1 saturated carbocycles. The van der Waals surface area contributed by atoms with E-state index in [9.17, 15) is 4.79 Å². The average molecular weight is 591 g/mol. The fraction of sp³-hybridized carbons (Fsp3) is 0.206. The summed E-state index contributed by atoms with van der Waals surface area (Å²) in [4.78, 5) is 14.3. The molecule has 6 rings (SSSR count). The van der Waals surface area contributed by atoms with E-state index in [0.29, 0.717) is 12.3 Å². The van der Waals surface area contributed by atoms with Crippen LogP contribution in [-0.4, -0.2) is 31.5 Å². The molecule has 2 nitrogen and oxygen atoms in total. The van der Waals surface area contributed by atoms with E-state index >= 15 is 0 Å². The predicted molar refractivity (Wildman–Crippen MR) is 153 cm³/mol. The van der Waals surface area contributed by atoms with Crippen molar-refractivity contribution >= 4 is 35.1 Å². The van der Waals surface area contributed by atoms with Crippen LogP contribution < -0.4 is 10.7 Å². The Kier molecular flexibility index (Phi) is 6.54. The van der Waals surface area contributed by atoms with Gasteiger partial charge in [-0.05, 0) is 0 Å². The number of rotatable bonds is 7. The van der Waals surface area contributed by atoms with Gasteiger partial charge < -0.3 is 0 Å². The molecule has 0 heterocycles. The van der Waals surface area contributed by atoms with E-state index in [1.807, 2.05) is 6.07 Å². The number of carbonyl (C=O) groups is 1. The van der Waals surface area contributed by atoms with Gasteiger partial charge in [-0.1, -0.05) is 0 Å². The van der Waals surface area contributed by atoms with Crippen molar-refractivity contribution in [3.05, 3.63) is 139 Å². The number of carbonyl (C=O) groups excluding carboxylic acids is 1. The van der Waals surface area contributed by atoms with E-state index in [1.54, 1.807) is 7.11 Å². The van der Waals surface area contributed by atoms with Gasteiger partial charge in [-0.3, -0.25) is 0 Å². The van der Waals surface area contributed by atoms with Crippen LogP contribution in [0, 0.1) is 17.3 Å². The fourth-order valence-corrected chi connectivity index (χ4v) is 25.6. The summed E-state index contributed by atoms with van der Waals surface area (Å²) < 4.78 is 10.2. The molecule has 0 amide bonds. The van der Waals surface area contributed by atoms with E-state index in [-0.39, 0.29) is 15.8 Å². The molecule has 1 fully saturated rings. The predicted octanol–water partition coefficient (Wildman–Crippen LogP) is 5.14. The van der Waals surface area contributed by atoms with Gasteiger partial charge in [-0.2, -0.15) is 0 Å². The van der Waals surface area contributed by atoms with Crippen molar-refractivity contribution in [1.29, 1.82) is 0 Å². The first-order chi connectivity index (χ1) is 18.2. The van der Waals surface area contributed by atoms with Crippen LogP contribution in [-0.2, 0) is 16.0 Å². The number of methoxy groups -OCH3 is 1. The topological polar surface area (TPSA) is 26.3 Å². The van der Waals surface area contributed by atoms with E-state index in [4.69, 9.17) is 4.74 Å². The third-order valence-corrected chi connectivity index (χ3v) is 24.8. The normalized spacial score (nSPS) is 24.2. The van der Waals surface area contributed by atoms with Gasteiger partial charge in [0.15, 0.2) is 0 Å². The molecular weight excluding hydrogens is 559 g/mol. The van der Waals surface area contributed by atoms with E-state index in [0.717, 1.165) is 6.42 Å². The van der Waals surface area contributed by atoms with E-state index in [1.165, 1.54) is 16.3 Å². The molecule has 2 aliphatic rings. The molecule has 2 bridgehead atoms. The first-order valence-corrected chi connectivity index (χ1v) is 19.1. The van der Waals surface area contributed by atoms with Crippen LogP contribution in [0.3, 0.4) is 0 Å². The van der Waals surface area contributed by atoms with Crippen molar-refractivity contribution in [3.8, 4) is 0 Å². The van der Waals surface area contributed by atoms with Crippen LogP contribution >= 0.6 is 0 Å². The van der Waals surface area contributed by atoms with Gasteiger partial charge in [-0.15, -0.1) is 0 Å². The maximum atomic E-state index is 14.3. The summed E-state index contributed by atoms with van der Waals surface area (Å²) in [5.41, 5.74) is 0.584. The van der Waals surface area contributed by atoms with Gasteiger partial charge >= 0.3 is 225 Å².